The molecule has 2 aromatic carbocycles. The number of methoxy groups -OCH3 is 1. The van der Waals surface area contributed by atoms with Crippen molar-refractivity contribution < 1.29 is 9.53 Å². The van der Waals surface area contributed by atoms with Gasteiger partial charge in [0, 0.05) is 23.1 Å². The summed E-state index contributed by atoms with van der Waals surface area (Å²) in [6.45, 7) is 8.19. The zero-order chi connectivity index (χ0) is 21.8. The van der Waals surface area contributed by atoms with Gasteiger partial charge in [0.15, 0.2) is 0 Å². The number of carbonyl (C=O) groups excluding carboxylic acids is 1. The molecule has 0 aliphatic heterocycles. The van der Waals surface area contributed by atoms with Crippen molar-refractivity contribution in [3.63, 3.8) is 0 Å². The standard InChI is InChI=1S/C25H25N3O2/c1-16-8-6-9-17(2)24(16)28-18(3)12-20(19(28)4)13-21(15-26)25(29)27-22-10-7-11-23(14-22)30-5/h6-14H,1-5H3,(H,27,29). The summed E-state index contributed by atoms with van der Waals surface area (Å²) < 4.78 is 7.35. The molecule has 5 nitrogen and oxygen atoms in total. The number of hydrogen-bond acceptors (Lipinski definition) is 3. The fourth-order valence-electron chi connectivity index (χ4n) is 3.64. The van der Waals surface area contributed by atoms with Crippen LogP contribution in [0.3, 0.4) is 0 Å². The Balaban J connectivity index is 1.97. The highest BCUT2D eigenvalue weighted by atomic mass is 16.5. The molecule has 1 amide bonds. The lowest BCUT2D eigenvalue weighted by Gasteiger charge is -2.15. The summed E-state index contributed by atoms with van der Waals surface area (Å²) in [4.78, 5) is 12.7. The van der Waals surface area contributed by atoms with Crippen LogP contribution in [0.1, 0.15) is 28.1 Å². The first-order chi connectivity index (χ1) is 14.3. The minimum atomic E-state index is -0.456. The molecule has 0 radical (unpaired) electrons. The van der Waals surface area contributed by atoms with Gasteiger partial charge in [-0.05, 0) is 68.7 Å². The van der Waals surface area contributed by atoms with Crippen molar-refractivity contribution in [2.24, 2.45) is 0 Å². The Labute approximate surface area is 177 Å². The smallest absolute Gasteiger partial charge is 0.266 e. The summed E-state index contributed by atoms with van der Waals surface area (Å²) in [6, 6.07) is 17.3. The maximum absolute atomic E-state index is 12.7. The summed E-state index contributed by atoms with van der Waals surface area (Å²) in [5, 5.41) is 12.4. The van der Waals surface area contributed by atoms with E-state index >= 15 is 0 Å². The van der Waals surface area contributed by atoms with Gasteiger partial charge in [0.05, 0.1) is 12.8 Å². The van der Waals surface area contributed by atoms with Crippen LogP contribution in [0.4, 0.5) is 5.69 Å². The highest BCUT2D eigenvalue weighted by molar-refractivity contribution is 6.09. The van der Waals surface area contributed by atoms with E-state index in [2.05, 4.69) is 35.9 Å². The van der Waals surface area contributed by atoms with Gasteiger partial charge in [0.25, 0.3) is 5.91 Å². The number of hydrogen-bond donors (Lipinski definition) is 1. The molecule has 0 aliphatic rings. The lowest BCUT2D eigenvalue weighted by Crippen LogP contribution is -2.13. The number of ether oxygens (including phenoxy) is 1. The summed E-state index contributed by atoms with van der Waals surface area (Å²) >= 11 is 0. The maximum Gasteiger partial charge on any atom is 0.266 e. The number of nitrogens with zero attached hydrogens (tertiary/aromatic N) is 2. The first-order valence-electron chi connectivity index (χ1n) is 9.68. The number of nitrogens with one attached hydrogen (secondary N) is 1. The molecular formula is C25H25N3O2. The normalized spacial score (nSPS) is 11.1. The molecule has 30 heavy (non-hydrogen) atoms. The molecular weight excluding hydrogens is 374 g/mol. The zero-order valence-corrected chi connectivity index (χ0v) is 17.9. The van der Waals surface area contributed by atoms with Crippen LogP contribution in [0.25, 0.3) is 11.8 Å². The predicted octanol–water partition coefficient (Wildman–Crippen LogP) is 5.27. The second-order valence-electron chi connectivity index (χ2n) is 7.26. The third-order valence-corrected chi connectivity index (χ3v) is 5.13. The van der Waals surface area contributed by atoms with E-state index in [1.807, 2.05) is 32.0 Å². The highest BCUT2D eigenvalue weighted by Gasteiger charge is 2.16. The third kappa shape index (κ3) is 4.13. The summed E-state index contributed by atoms with van der Waals surface area (Å²) in [5.74, 6) is 0.176. The molecule has 0 atom stereocenters. The molecule has 0 spiro atoms. The molecule has 1 heterocycles. The quantitative estimate of drug-likeness (QED) is 0.470. The van der Waals surface area contributed by atoms with Crippen LogP contribution in [0.5, 0.6) is 5.75 Å². The number of carbonyl (C=O) groups is 1. The third-order valence-electron chi connectivity index (χ3n) is 5.13. The fraction of sp³-hybridized carbons (Fsp3) is 0.200. The number of amides is 1. The van der Waals surface area contributed by atoms with Crippen LogP contribution >= 0.6 is 0 Å². The minimum Gasteiger partial charge on any atom is -0.497 e. The van der Waals surface area contributed by atoms with Gasteiger partial charge in [-0.1, -0.05) is 24.3 Å². The second-order valence-corrected chi connectivity index (χ2v) is 7.26. The van der Waals surface area contributed by atoms with E-state index in [1.54, 1.807) is 37.5 Å². The van der Waals surface area contributed by atoms with Crippen LogP contribution < -0.4 is 10.1 Å². The van der Waals surface area contributed by atoms with Crippen molar-refractivity contribution >= 4 is 17.7 Å². The summed E-state index contributed by atoms with van der Waals surface area (Å²) in [7, 11) is 1.56. The molecule has 1 aromatic heterocycles. The SMILES string of the molecule is COc1cccc(NC(=O)C(C#N)=Cc2cc(C)n(-c3c(C)cccc3C)c2C)c1. The van der Waals surface area contributed by atoms with E-state index < -0.39 is 5.91 Å². The highest BCUT2D eigenvalue weighted by Crippen LogP contribution is 2.27. The lowest BCUT2D eigenvalue weighted by molar-refractivity contribution is -0.112. The first-order valence-corrected chi connectivity index (χ1v) is 9.68. The van der Waals surface area contributed by atoms with Crippen molar-refractivity contribution in [1.29, 1.82) is 5.26 Å². The molecule has 0 aliphatic carbocycles. The summed E-state index contributed by atoms with van der Waals surface area (Å²) in [6.07, 6.45) is 1.64. The Morgan fingerprint density at radius 2 is 1.73 bits per heavy atom. The molecule has 0 saturated heterocycles. The van der Waals surface area contributed by atoms with E-state index in [4.69, 9.17) is 4.74 Å². The maximum atomic E-state index is 12.7. The van der Waals surface area contributed by atoms with Crippen molar-refractivity contribution in [3.05, 3.63) is 82.2 Å². The zero-order valence-electron chi connectivity index (χ0n) is 17.9. The number of aromatic nitrogens is 1. The molecule has 3 aromatic rings. The van der Waals surface area contributed by atoms with Gasteiger partial charge < -0.3 is 14.6 Å². The number of anilines is 1. The fourth-order valence-corrected chi connectivity index (χ4v) is 3.64. The average molecular weight is 399 g/mol. The molecule has 5 heteroatoms. The number of benzene rings is 2. The van der Waals surface area contributed by atoms with Crippen LogP contribution in [-0.2, 0) is 4.79 Å². The van der Waals surface area contributed by atoms with Gasteiger partial charge >= 0.3 is 0 Å². The first kappa shape index (κ1) is 20.9. The Hall–Kier alpha value is -3.78. The van der Waals surface area contributed by atoms with E-state index in [0.29, 0.717) is 11.4 Å². The number of para-hydroxylation sites is 1. The molecule has 0 saturated carbocycles. The average Bonchev–Trinajstić information content (AvgIpc) is 2.99. The number of rotatable bonds is 5. The van der Waals surface area contributed by atoms with Gasteiger partial charge in [-0.3, -0.25) is 4.79 Å². The Kier molecular flexibility index (Phi) is 6.08. The van der Waals surface area contributed by atoms with Crippen LogP contribution in [0.15, 0.2) is 54.1 Å². The Morgan fingerprint density at radius 1 is 1.07 bits per heavy atom. The van der Waals surface area contributed by atoms with Gasteiger partial charge in [0.1, 0.15) is 17.4 Å². The number of nitriles is 1. The van der Waals surface area contributed by atoms with Crippen molar-refractivity contribution in [2.45, 2.75) is 27.7 Å². The molecule has 0 bridgehead atoms. The topological polar surface area (TPSA) is 67.0 Å². The van der Waals surface area contributed by atoms with Gasteiger partial charge in [-0.2, -0.15) is 5.26 Å². The van der Waals surface area contributed by atoms with E-state index in [9.17, 15) is 10.1 Å². The molecule has 0 unspecified atom stereocenters. The van der Waals surface area contributed by atoms with Gasteiger partial charge in [0.2, 0.25) is 0 Å². The van der Waals surface area contributed by atoms with Crippen molar-refractivity contribution in [3.8, 4) is 17.5 Å². The monoisotopic (exact) mass is 399 g/mol. The molecule has 152 valence electrons. The number of aryl methyl sites for hydroxylation is 3. The molecule has 3 rings (SSSR count). The van der Waals surface area contributed by atoms with Crippen LogP contribution in [-0.4, -0.2) is 17.6 Å². The van der Waals surface area contributed by atoms with E-state index in [1.165, 1.54) is 11.1 Å². The Morgan fingerprint density at radius 3 is 2.37 bits per heavy atom. The van der Waals surface area contributed by atoms with Gasteiger partial charge in [-0.15, -0.1) is 0 Å². The predicted molar refractivity (Wildman–Crippen MR) is 120 cm³/mol. The molecule has 0 fully saturated rings. The van der Waals surface area contributed by atoms with E-state index in [0.717, 1.165) is 22.6 Å². The van der Waals surface area contributed by atoms with Gasteiger partial charge in [-0.25, -0.2) is 0 Å². The van der Waals surface area contributed by atoms with Crippen molar-refractivity contribution in [2.75, 3.05) is 12.4 Å². The van der Waals surface area contributed by atoms with Crippen molar-refractivity contribution in [1.82, 2.24) is 4.57 Å². The second kappa shape index (κ2) is 8.71. The molecule has 1 N–H and O–H groups in total. The minimum absolute atomic E-state index is 0.0413. The largest absolute Gasteiger partial charge is 0.497 e. The van der Waals surface area contributed by atoms with Crippen LogP contribution in [0.2, 0.25) is 0 Å². The lowest BCUT2D eigenvalue weighted by atomic mass is 10.1. The summed E-state index contributed by atoms with van der Waals surface area (Å²) in [5.41, 5.74) is 6.95. The van der Waals surface area contributed by atoms with E-state index in [-0.39, 0.29) is 5.57 Å². The Bertz CT molecular complexity index is 1160. The van der Waals surface area contributed by atoms with Crippen LogP contribution in [0, 0.1) is 39.0 Å².